The van der Waals surface area contributed by atoms with Gasteiger partial charge in [-0.15, -0.1) is 12.6 Å². The number of alkyl halides is 3. The number of ether oxygens (including phenoxy) is 1. The lowest BCUT2D eigenvalue weighted by Crippen LogP contribution is -2.55. The number of piperidine rings is 1. The lowest BCUT2D eigenvalue weighted by atomic mass is 9.75. The third-order valence-corrected chi connectivity index (χ3v) is 7.83. The van der Waals surface area contributed by atoms with Gasteiger partial charge in [0, 0.05) is 18.8 Å². The van der Waals surface area contributed by atoms with Gasteiger partial charge in [-0.3, -0.25) is 9.69 Å². The number of hydrogen-bond acceptors (Lipinski definition) is 7. The predicted octanol–water partition coefficient (Wildman–Crippen LogP) is 4.43. The van der Waals surface area contributed by atoms with E-state index in [2.05, 4.69) is 29.6 Å². The zero-order chi connectivity index (χ0) is 25.7. The van der Waals surface area contributed by atoms with Gasteiger partial charge in [0.25, 0.3) is 5.91 Å². The number of amides is 1. The van der Waals surface area contributed by atoms with Crippen molar-refractivity contribution in [2.75, 3.05) is 29.9 Å². The molecule has 1 amide bonds. The summed E-state index contributed by atoms with van der Waals surface area (Å²) in [5, 5.41) is 9.07. The van der Waals surface area contributed by atoms with Crippen LogP contribution in [-0.4, -0.2) is 53.1 Å². The molecule has 1 atom stereocenters. The van der Waals surface area contributed by atoms with Gasteiger partial charge in [0.15, 0.2) is 11.2 Å². The second-order valence-corrected chi connectivity index (χ2v) is 10.1. The number of aromatic nitrogens is 1. The van der Waals surface area contributed by atoms with Gasteiger partial charge < -0.3 is 14.5 Å². The minimum atomic E-state index is -4.78. The maximum atomic E-state index is 13.6. The van der Waals surface area contributed by atoms with Gasteiger partial charge >= 0.3 is 6.18 Å². The lowest BCUT2D eigenvalue weighted by Gasteiger charge is -2.44. The van der Waals surface area contributed by atoms with Crippen LogP contribution in [0.4, 0.5) is 24.5 Å². The van der Waals surface area contributed by atoms with Crippen LogP contribution < -0.4 is 14.5 Å². The molecule has 3 aliphatic rings. The molecule has 11 heteroatoms. The van der Waals surface area contributed by atoms with Crippen LogP contribution in [0.2, 0.25) is 0 Å². The van der Waals surface area contributed by atoms with Crippen LogP contribution in [-0.2, 0) is 11.0 Å². The Morgan fingerprint density at radius 1 is 1.17 bits per heavy atom. The van der Waals surface area contributed by atoms with Crippen LogP contribution in [0.3, 0.4) is 0 Å². The molecule has 0 N–H and O–H groups in total. The smallest absolute Gasteiger partial charge is 0.419 e. The normalized spacial score (nSPS) is 22.6. The Bertz CT molecular complexity index is 1190. The number of carbonyl (C=O) groups excluding carboxylic acids is 1. The first-order valence-corrected chi connectivity index (χ1v) is 12.4. The quantitative estimate of drug-likeness (QED) is 0.605. The largest absolute Gasteiger partial charge is 0.490 e. The van der Waals surface area contributed by atoms with E-state index in [1.54, 1.807) is 0 Å². The molecular weight excluding hydrogens is 491 g/mol. The Morgan fingerprint density at radius 2 is 1.83 bits per heavy atom. The molecule has 1 aromatic heterocycles. The first-order valence-electron chi connectivity index (χ1n) is 11.9. The Hall–Kier alpha value is -2.97. The highest BCUT2D eigenvalue weighted by Crippen LogP contribution is 2.50. The summed E-state index contributed by atoms with van der Waals surface area (Å²) in [6, 6.07) is 9.73. The number of nitriles is 1. The molecule has 3 heterocycles. The van der Waals surface area contributed by atoms with Gasteiger partial charge in [-0.2, -0.15) is 18.4 Å². The Kier molecular flexibility index (Phi) is 6.29. The van der Waals surface area contributed by atoms with E-state index >= 15 is 0 Å². The molecule has 1 aliphatic carbocycles. The maximum Gasteiger partial charge on any atom is 0.419 e. The van der Waals surface area contributed by atoms with E-state index < -0.39 is 28.5 Å². The highest BCUT2D eigenvalue weighted by molar-refractivity contribution is 7.81. The summed E-state index contributed by atoms with van der Waals surface area (Å²) in [6.45, 7) is 1.97. The molecule has 3 fully saturated rings. The molecule has 2 aliphatic heterocycles. The number of pyridine rings is 1. The average Bonchev–Trinajstić information content (AvgIpc) is 3.07. The fourth-order valence-corrected chi connectivity index (χ4v) is 5.83. The molecule has 1 aromatic carbocycles. The monoisotopic (exact) mass is 517 g/mol. The van der Waals surface area contributed by atoms with Gasteiger partial charge in [0.05, 0.1) is 17.4 Å². The number of rotatable bonds is 4. The van der Waals surface area contributed by atoms with Crippen LogP contribution in [0.15, 0.2) is 36.5 Å². The van der Waals surface area contributed by atoms with E-state index in [0.29, 0.717) is 12.8 Å². The summed E-state index contributed by atoms with van der Waals surface area (Å²) in [6.07, 6.45) is 0.379. The molecule has 1 saturated carbocycles. The van der Waals surface area contributed by atoms with Crippen molar-refractivity contribution in [3.05, 3.63) is 47.8 Å². The van der Waals surface area contributed by atoms with Crippen molar-refractivity contribution in [2.45, 2.75) is 55.4 Å². The molecule has 0 radical (unpaired) electrons. The fraction of sp³-hybridized carbons (Fsp3) is 0.480. The van der Waals surface area contributed by atoms with Crippen molar-refractivity contribution in [2.24, 2.45) is 0 Å². The van der Waals surface area contributed by atoms with E-state index in [1.165, 1.54) is 11.0 Å². The molecule has 5 rings (SSSR count). The highest BCUT2D eigenvalue weighted by atomic mass is 32.1. The fourth-order valence-electron chi connectivity index (χ4n) is 5.24. The number of carbonyl (C=O) groups is 1. The topological polar surface area (TPSA) is 72.7 Å². The third-order valence-electron chi connectivity index (χ3n) is 7.37. The number of benzene rings is 1. The zero-order valence-electron chi connectivity index (χ0n) is 19.7. The minimum absolute atomic E-state index is 0.0395. The predicted molar refractivity (Wildman–Crippen MR) is 131 cm³/mol. The van der Waals surface area contributed by atoms with Crippen molar-refractivity contribution in [3.8, 4) is 11.8 Å². The van der Waals surface area contributed by atoms with Crippen LogP contribution in [0.5, 0.6) is 5.75 Å². The van der Waals surface area contributed by atoms with Gasteiger partial charge in [-0.25, -0.2) is 4.98 Å². The summed E-state index contributed by atoms with van der Waals surface area (Å²) in [7, 11) is 2.09. The summed E-state index contributed by atoms with van der Waals surface area (Å²) < 4.78 is 46.8. The van der Waals surface area contributed by atoms with E-state index in [4.69, 9.17) is 10.00 Å². The summed E-state index contributed by atoms with van der Waals surface area (Å²) >= 11 is 4.68. The molecule has 36 heavy (non-hydrogen) atoms. The molecule has 1 spiro atoms. The van der Waals surface area contributed by atoms with Crippen LogP contribution in [0.1, 0.15) is 43.4 Å². The maximum absolute atomic E-state index is 13.6. The van der Waals surface area contributed by atoms with E-state index in [-0.39, 0.29) is 17.7 Å². The van der Waals surface area contributed by atoms with Crippen molar-refractivity contribution < 1.29 is 22.7 Å². The van der Waals surface area contributed by atoms with Crippen molar-refractivity contribution in [1.82, 2.24) is 9.88 Å². The Labute approximate surface area is 212 Å². The average molecular weight is 518 g/mol. The van der Waals surface area contributed by atoms with E-state index in [1.807, 2.05) is 29.2 Å². The Balaban J connectivity index is 1.43. The standard InChI is InChI=1S/C25H26F3N5O2S/c1-31-11-7-19(8-12-31)35-18-5-3-16(4-6-18)33-23(36)32(22(34)24(33)9-2-10-24)17-13-20(25(26,27)28)21(14-29)30-15-17/h3-6,13,15,19,23,36H,2,7-12H2,1H3. The van der Waals surface area contributed by atoms with Gasteiger partial charge in [-0.05, 0) is 69.5 Å². The number of anilines is 2. The van der Waals surface area contributed by atoms with Gasteiger partial charge in [-0.1, -0.05) is 0 Å². The van der Waals surface area contributed by atoms with Gasteiger partial charge in [0.2, 0.25) is 0 Å². The molecule has 0 bridgehead atoms. The first-order chi connectivity index (χ1) is 17.1. The van der Waals surface area contributed by atoms with Crippen LogP contribution >= 0.6 is 12.6 Å². The molecular formula is C25H26F3N5O2S. The minimum Gasteiger partial charge on any atom is -0.490 e. The number of hydrogen-bond donors (Lipinski definition) is 1. The van der Waals surface area contributed by atoms with Crippen LogP contribution in [0, 0.1) is 11.3 Å². The molecule has 190 valence electrons. The molecule has 2 saturated heterocycles. The lowest BCUT2D eigenvalue weighted by molar-refractivity contribution is -0.138. The van der Waals surface area contributed by atoms with Crippen molar-refractivity contribution in [1.29, 1.82) is 5.26 Å². The van der Waals surface area contributed by atoms with E-state index in [0.717, 1.165) is 56.1 Å². The molecule has 2 aromatic rings. The first kappa shape index (κ1) is 24.7. The SMILES string of the molecule is CN1CCC(Oc2ccc(N3C(S)N(c4cnc(C#N)c(C(F)(F)F)c4)C(=O)C34CCC4)cc2)CC1. The third kappa shape index (κ3) is 4.16. The summed E-state index contributed by atoms with van der Waals surface area (Å²) in [5.41, 5.74) is -2.93. The Morgan fingerprint density at radius 3 is 2.39 bits per heavy atom. The number of thiol groups is 1. The zero-order valence-corrected chi connectivity index (χ0v) is 20.6. The van der Waals surface area contributed by atoms with Crippen molar-refractivity contribution >= 4 is 29.9 Å². The number of halogens is 3. The van der Waals surface area contributed by atoms with Crippen molar-refractivity contribution in [3.63, 3.8) is 0 Å². The second-order valence-electron chi connectivity index (χ2n) is 9.59. The van der Waals surface area contributed by atoms with Gasteiger partial charge in [0.1, 0.15) is 23.5 Å². The molecule has 7 nitrogen and oxygen atoms in total. The summed E-state index contributed by atoms with van der Waals surface area (Å²) in [5.74, 6) is 0.417. The van der Waals surface area contributed by atoms with E-state index in [9.17, 15) is 18.0 Å². The van der Waals surface area contributed by atoms with Crippen LogP contribution in [0.25, 0.3) is 0 Å². The second kappa shape index (κ2) is 9.16. The number of nitrogens with zero attached hydrogens (tertiary/aromatic N) is 5. The summed E-state index contributed by atoms with van der Waals surface area (Å²) in [4.78, 5) is 22.7. The molecule has 1 unspecified atom stereocenters. The number of likely N-dealkylation sites (tertiary alicyclic amines) is 1. The highest BCUT2D eigenvalue weighted by Gasteiger charge is 2.60.